The summed E-state index contributed by atoms with van der Waals surface area (Å²) in [6.07, 6.45) is 6.24. The second-order valence-corrected chi connectivity index (χ2v) is 11.0. The van der Waals surface area contributed by atoms with Crippen LogP contribution in [-0.4, -0.2) is 52.1 Å². The largest absolute Gasteiger partial charge is 0.350 e. The number of anilines is 2. The smallest absolute Gasteiger partial charge is 0.263 e. The third-order valence-electron chi connectivity index (χ3n) is 6.81. The van der Waals surface area contributed by atoms with Gasteiger partial charge < -0.3 is 10.6 Å². The van der Waals surface area contributed by atoms with E-state index in [1.807, 2.05) is 24.4 Å². The van der Waals surface area contributed by atoms with Gasteiger partial charge in [0.15, 0.2) is 5.82 Å². The molecule has 38 heavy (non-hydrogen) atoms. The molecule has 10 nitrogen and oxygen atoms in total. The van der Waals surface area contributed by atoms with Gasteiger partial charge >= 0.3 is 0 Å². The molecule has 1 fully saturated rings. The minimum Gasteiger partial charge on any atom is -0.350 e. The Morgan fingerprint density at radius 1 is 1.11 bits per heavy atom. The molecule has 0 bridgehead atoms. The third kappa shape index (κ3) is 4.66. The van der Waals surface area contributed by atoms with Crippen molar-refractivity contribution in [3.05, 3.63) is 72.7 Å². The number of nitrogens with one attached hydrogen (secondary N) is 3. The number of hydrogen-bond acceptors (Lipinski definition) is 8. The maximum Gasteiger partial charge on any atom is 0.263 e. The van der Waals surface area contributed by atoms with Crippen molar-refractivity contribution in [3.8, 4) is 11.3 Å². The molecule has 1 aliphatic rings. The first-order chi connectivity index (χ1) is 18.5. The summed E-state index contributed by atoms with van der Waals surface area (Å²) in [5.74, 6) is 0.854. The number of aromatic nitrogens is 5. The zero-order valence-electron chi connectivity index (χ0n) is 20.9. The fourth-order valence-electron chi connectivity index (χ4n) is 4.88. The van der Waals surface area contributed by atoms with Crippen LogP contribution in [0.1, 0.15) is 25.3 Å². The highest BCUT2D eigenvalue weighted by molar-refractivity contribution is 7.92. The van der Waals surface area contributed by atoms with Crippen molar-refractivity contribution in [1.29, 1.82) is 0 Å². The fraction of sp³-hybridized carbons (Fsp3) is 0.259. The second-order valence-electron chi connectivity index (χ2n) is 9.35. The SMILES string of the molecule is CCc1cc(-c2ccc3c(NS(=O)(=O)c4ccccc4)ncnn23)cc2cnc(N[C@H]3CCCNC3)nc12. The first-order valence-corrected chi connectivity index (χ1v) is 14.2. The van der Waals surface area contributed by atoms with Crippen LogP contribution in [0.2, 0.25) is 0 Å². The van der Waals surface area contributed by atoms with Crippen molar-refractivity contribution < 1.29 is 8.42 Å². The normalized spacial score (nSPS) is 16.1. The molecular weight excluding hydrogens is 500 g/mol. The van der Waals surface area contributed by atoms with Gasteiger partial charge in [0, 0.05) is 29.7 Å². The Bertz CT molecular complexity index is 1710. The Hall–Kier alpha value is -4.09. The molecule has 2 aromatic carbocycles. The van der Waals surface area contributed by atoms with Crippen LogP contribution >= 0.6 is 0 Å². The molecule has 1 saturated heterocycles. The molecule has 194 valence electrons. The Morgan fingerprint density at radius 2 is 1.97 bits per heavy atom. The number of hydrogen-bond donors (Lipinski definition) is 3. The lowest BCUT2D eigenvalue weighted by Crippen LogP contribution is -2.38. The molecule has 3 N–H and O–H groups in total. The summed E-state index contributed by atoms with van der Waals surface area (Å²) in [7, 11) is -3.79. The zero-order valence-corrected chi connectivity index (χ0v) is 21.7. The molecule has 4 heterocycles. The number of aryl methyl sites for hydroxylation is 1. The van der Waals surface area contributed by atoms with Gasteiger partial charge in [-0.05, 0) is 67.8 Å². The van der Waals surface area contributed by atoms with Gasteiger partial charge in [-0.2, -0.15) is 5.10 Å². The Kier molecular flexibility index (Phi) is 6.38. The van der Waals surface area contributed by atoms with Gasteiger partial charge in [0.2, 0.25) is 5.95 Å². The number of fused-ring (bicyclic) bond motifs is 2. The second kappa shape index (κ2) is 9.99. The van der Waals surface area contributed by atoms with E-state index in [4.69, 9.17) is 4.98 Å². The van der Waals surface area contributed by atoms with Gasteiger partial charge in [0.05, 0.1) is 16.1 Å². The molecule has 11 heteroatoms. The fourth-order valence-corrected chi connectivity index (χ4v) is 5.93. The maximum atomic E-state index is 12.9. The zero-order chi connectivity index (χ0) is 26.1. The molecule has 5 aromatic rings. The first kappa shape index (κ1) is 24.3. The van der Waals surface area contributed by atoms with Gasteiger partial charge in [-0.15, -0.1) is 0 Å². The van der Waals surface area contributed by atoms with Crippen LogP contribution in [0.4, 0.5) is 11.8 Å². The minimum absolute atomic E-state index is 0.166. The lowest BCUT2D eigenvalue weighted by Gasteiger charge is -2.23. The summed E-state index contributed by atoms with van der Waals surface area (Å²) in [6, 6.07) is 16.4. The van der Waals surface area contributed by atoms with Crippen LogP contribution in [0.15, 0.2) is 72.0 Å². The van der Waals surface area contributed by atoms with Gasteiger partial charge in [-0.3, -0.25) is 4.72 Å². The predicted molar refractivity (Wildman–Crippen MR) is 148 cm³/mol. The third-order valence-corrected chi connectivity index (χ3v) is 8.16. The Morgan fingerprint density at radius 3 is 2.76 bits per heavy atom. The molecule has 0 radical (unpaired) electrons. The summed E-state index contributed by atoms with van der Waals surface area (Å²) < 4.78 is 30.1. The van der Waals surface area contributed by atoms with E-state index in [1.54, 1.807) is 34.8 Å². The summed E-state index contributed by atoms with van der Waals surface area (Å²) in [5, 5.41) is 12.2. The lowest BCUT2D eigenvalue weighted by atomic mass is 10.0. The van der Waals surface area contributed by atoms with Gasteiger partial charge in [-0.25, -0.2) is 27.9 Å². The van der Waals surface area contributed by atoms with E-state index in [-0.39, 0.29) is 10.7 Å². The van der Waals surface area contributed by atoms with E-state index in [0.29, 0.717) is 17.5 Å². The first-order valence-electron chi connectivity index (χ1n) is 12.7. The molecule has 1 aliphatic heterocycles. The molecule has 0 saturated carbocycles. The number of nitrogens with zero attached hydrogens (tertiary/aromatic N) is 5. The van der Waals surface area contributed by atoms with E-state index in [9.17, 15) is 8.42 Å². The molecule has 0 unspecified atom stereocenters. The van der Waals surface area contributed by atoms with E-state index in [1.165, 1.54) is 6.33 Å². The highest BCUT2D eigenvalue weighted by Crippen LogP contribution is 2.30. The average molecular weight is 529 g/mol. The molecule has 1 atom stereocenters. The summed E-state index contributed by atoms with van der Waals surface area (Å²) in [5.41, 5.74) is 4.32. The lowest BCUT2D eigenvalue weighted by molar-refractivity contribution is 0.478. The monoisotopic (exact) mass is 528 g/mol. The predicted octanol–water partition coefficient (Wildman–Crippen LogP) is 3.87. The standard InChI is InChI=1S/C27H28N8O2S/c1-2-18-13-19(14-20-15-29-27(33-25(18)20)32-21-7-6-12-28-16-21)23-10-11-24-26(30-17-31-35(23)24)34-38(36,37)22-8-4-3-5-9-22/h3-5,8-11,13-15,17,21,28H,2,6-7,12,16H2,1H3,(H,29,32,33)(H,30,31,34)/t21-/m0/s1. The van der Waals surface area contributed by atoms with Crippen LogP contribution in [0, 0.1) is 0 Å². The summed E-state index contributed by atoms with van der Waals surface area (Å²) >= 11 is 0. The van der Waals surface area contributed by atoms with Gasteiger partial charge in [-0.1, -0.05) is 25.1 Å². The van der Waals surface area contributed by atoms with E-state index in [0.717, 1.165) is 60.1 Å². The highest BCUT2D eigenvalue weighted by atomic mass is 32.2. The maximum absolute atomic E-state index is 12.9. The van der Waals surface area contributed by atoms with E-state index >= 15 is 0 Å². The van der Waals surface area contributed by atoms with Crippen LogP contribution < -0.4 is 15.4 Å². The van der Waals surface area contributed by atoms with Crippen molar-refractivity contribution in [3.63, 3.8) is 0 Å². The molecule has 0 amide bonds. The van der Waals surface area contributed by atoms with Crippen molar-refractivity contribution in [2.75, 3.05) is 23.1 Å². The summed E-state index contributed by atoms with van der Waals surface area (Å²) in [4.78, 5) is 13.8. The molecule has 3 aromatic heterocycles. The summed E-state index contributed by atoms with van der Waals surface area (Å²) in [6.45, 7) is 4.07. The quantitative estimate of drug-likeness (QED) is 0.291. The molecular formula is C27H28N8O2S. The number of rotatable bonds is 7. The van der Waals surface area contributed by atoms with Crippen molar-refractivity contribution in [1.82, 2.24) is 29.9 Å². The van der Waals surface area contributed by atoms with E-state index < -0.39 is 10.0 Å². The van der Waals surface area contributed by atoms with Gasteiger partial charge in [0.1, 0.15) is 11.8 Å². The van der Waals surface area contributed by atoms with Crippen molar-refractivity contribution in [2.24, 2.45) is 0 Å². The topological polar surface area (TPSA) is 126 Å². The molecule has 0 spiro atoms. The number of sulfonamides is 1. The average Bonchev–Trinajstić information content (AvgIpc) is 3.39. The number of piperidine rings is 1. The van der Waals surface area contributed by atoms with Crippen LogP contribution in [0.3, 0.4) is 0 Å². The van der Waals surface area contributed by atoms with Crippen LogP contribution in [0.25, 0.3) is 27.7 Å². The highest BCUT2D eigenvalue weighted by Gasteiger charge is 2.19. The molecule has 0 aliphatic carbocycles. The Balaban J connectivity index is 1.35. The van der Waals surface area contributed by atoms with Crippen LogP contribution in [-0.2, 0) is 16.4 Å². The van der Waals surface area contributed by atoms with Crippen molar-refractivity contribution in [2.45, 2.75) is 37.1 Å². The van der Waals surface area contributed by atoms with Crippen molar-refractivity contribution >= 4 is 38.2 Å². The minimum atomic E-state index is -3.79. The van der Waals surface area contributed by atoms with E-state index in [2.05, 4.69) is 43.4 Å². The van der Waals surface area contributed by atoms with Gasteiger partial charge in [0.25, 0.3) is 10.0 Å². The molecule has 6 rings (SSSR count). The number of benzene rings is 2. The van der Waals surface area contributed by atoms with Crippen LogP contribution in [0.5, 0.6) is 0 Å². The Labute approximate surface area is 220 Å².